The van der Waals surface area contributed by atoms with Crippen LogP contribution in [0.2, 0.25) is 5.02 Å². The maximum atomic E-state index is 13.0. The van der Waals surface area contributed by atoms with E-state index in [0.717, 1.165) is 28.2 Å². The molecule has 0 unspecified atom stereocenters. The number of fused-ring (bicyclic) bond motifs is 1. The molecule has 0 spiro atoms. The topological polar surface area (TPSA) is 43.6 Å². The highest BCUT2D eigenvalue weighted by Gasteiger charge is 2.18. The predicted molar refractivity (Wildman–Crippen MR) is 119 cm³/mol. The minimum absolute atomic E-state index is 0.0447. The quantitative estimate of drug-likeness (QED) is 0.314. The van der Waals surface area contributed by atoms with Crippen LogP contribution in [0.5, 0.6) is 5.75 Å². The van der Waals surface area contributed by atoms with Gasteiger partial charge in [-0.2, -0.15) is 0 Å². The first-order valence-electron chi connectivity index (χ1n) is 10.2. The molecule has 0 atom stereocenters. The Morgan fingerprint density at radius 3 is 2.45 bits per heavy atom. The number of imidazole rings is 1. The molecule has 4 rings (SSSR count). The van der Waals surface area contributed by atoms with E-state index in [4.69, 9.17) is 16.3 Å². The zero-order valence-electron chi connectivity index (χ0n) is 17.1. The fourth-order valence-corrected chi connectivity index (χ4v) is 3.65. The zero-order valence-corrected chi connectivity index (χ0v) is 17.9. The van der Waals surface area contributed by atoms with Crippen LogP contribution in [0.25, 0.3) is 5.65 Å². The van der Waals surface area contributed by atoms with Gasteiger partial charge in [0, 0.05) is 12.6 Å². The number of rotatable bonds is 8. The number of pyridine rings is 1. The summed E-state index contributed by atoms with van der Waals surface area (Å²) in [6, 6.07) is 17.5. The predicted octanol–water partition coefficient (Wildman–Crippen LogP) is 6.08. The van der Waals surface area contributed by atoms with Crippen LogP contribution in [-0.2, 0) is 19.4 Å². The second-order valence-corrected chi connectivity index (χ2v) is 7.75. The van der Waals surface area contributed by atoms with Gasteiger partial charge in [-0.3, -0.25) is 9.20 Å². The molecule has 0 bridgehead atoms. The molecule has 0 aliphatic rings. The molecule has 4 aromatic rings. The highest BCUT2D eigenvalue weighted by Crippen LogP contribution is 2.20. The molecule has 0 radical (unpaired) electrons. The Morgan fingerprint density at radius 1 is 1.03 bits per heavy atom. The van der Waals surface area contributed by atoms with Crippen LogP contribution >= 0.6 is 11.6 Å². The third-order valence-corrected chi connectivity index (χ3v) is 5.36. The van der Waals surface area contributed by atoms with Crippen molar-refractivity contribution in [1.82, 2.24) is 9.38 Å². The molecule has 158 valence electrons. The van der Waals surface area contributed by atoms with Gasteiger partial charge >= 0.3 is 0 Å². The Morgan fingerprint density at radius 2 is 1.74 bits per heavy atom. The molecule has 0 saturated heterocycles. The third kappa shape index (κ3) is 4.94. The summed E-state index contributed by atoms with van der Waals surface area (Å²) in [7, 11) is 0. The maximum Gasteiger partial charge on any atom is 0.181 e. The van der Waals surface area contributed by atoms with Crippen LogP contribution in [0.15, 0.2) is 66.9 Å². The van der Waals surface area contributed by atoms with Gasteiger partial charge in [-0.15, -0.1) is 0 Å². The number of hydrogen-bond acceptors (Lipinski definition) is 3. The number of benzene rings is 2. The summed E-state index contributed by atoms with van der Waals surface area (Å²) in [5.74, 6) is 0.507. The first kappa shape index (κ1) is 21.1. The van der Waals surface area contributed by atoms with Crippen LogP contribution in [0.3, 0.4) is 0 Å². The van der Waals surface area contributed by atoms with Crippen LogP contribution in [0, 0.1) is 5.82 Å². The average Bonchev–Trinajstić information content (AvgIpc) is 3.15. The number of ether oxygens (including phenoxy) is 1. The molecular formula is C25H22ClFN2O2. The van der Waals surface area contributed by atoms with Crippen LogP contribution in [0.1, 0.15) is 40.7 Å². The van der Waals surface area contributed by atoms with E-state index in [9.17, 15) is 9.18 Å². The molecule has 0 amide bonds. The molecule has 2 aromatic heterocycles. The van der Waals surface area contributed by atoms with Crippen molar-refractivity contribution in [1.29, 1.82) is 0 Å². The highest BCUT2D eigenvalue weighted by atomic mass is 35.5. The number of nitrogens with zero attached hydrogens (tertiary/aromatic N) is 2. The number of aromatic nitrogens is 2. The number of hydrogen-bond donors (Lipinski definition) is 0. The van der Waals surface area contributed by atoms with Crippen molar-refractivity contribution in [3.63, 3.8) is 0 Å². The number of halogens is 2. The summed E-state index contributed by atoms with van der Waals surface area (Å²) in [5.41, 5.74) is 4.08. The van der Waals surface area contributed by atoms with Crippen molar-refractivity contribution in [3.05, 3.63) is 100 Å². The van der Waals surface area contributed by atoms with E-state index in [0.29, 0.717) is 36.6 Å². The van der Waals surface area contributed by atoms with Crippen molar-refractivity contribution in [3.8, 4) is 5.75 Å². The minimum Gasteiger partial charge on any atom is -0.489 e. The smallest absolute Gasteiger partial charge is 0.181 e. The Kier molecular flexibility index (Phi) is 6.33. The van der Waals surface area contributed by atoms with E-state index >= 15 is 0 Å². The number of aryl methyl sites for hydroxylation is 2. The molecular weight excluding hydrogens is 415 g/mol. The van der Waals surface area contributed by atoms with E-state index in [-0.39, 0.29) is 11.6 Å². The molecule has 0 aliphatic heterocycles. The van der Waals surface area contributed by atoms with E-state index in [2.05, 4.69) is 4.98 Å². The largest absolute Gasteiger partial charge is 0.489 e. The molecule has 0 saturated carbocycles. The lowest BCUT2D eigenvalue weighted by Crippen LogP contribution is -2.08. The van der Waals surface area contributed by atoms with Crippen molar-refractivity contribution in [2.75, 3.05) is 0 Å². The number of ketones is 1. The summed E-state index contributed by atoms with van der Waals surface area (Å²) in [6.45, 7) is 2.36. The SMILES string of the molecule is CCc1nc2ccc(Cl)cn2c1C(=O)CCc1ccc(OCc2ccc(F)cc2)cc1. The van der Waals surface area contributed by atoms with Gasteiger partial charge < -0.3 is 4.74 Å². The van der Waals surface area contributed by atoms with Crippen LogP contribution in [0.4, 0.5) is 4.39 Å². The van der Waals surface area contributed by atoms with Gasteiger partial charge in [0.05, 0.1) is 10.7 Å². The molecule has 6 heteroatoms. The van der Waals surface area contributed by atoms with Crippen molar-refractivity contribution in [2.45, 2.75) is 32.8 Å². The fourth-order valence-electron chi connectivity index (χ4n) is 3.49. The third-order valence-electron chi connectivity index (χ3n) is 5.14. The maximum absolute atomic E-state index is 13.0. The van der Waals surface area contributed by atoms with Gasteiger partial charge in [-0.25, -0.2) is 9.37 Å². The van der Waals surface area contributed by atoms with Gasteiger partial charge in [0.15, 0.2) is 5.78 Å². The molecule has 31 heavy (non-hydrogen) atoms. The summed E-state index contributed by atoms with van der Waals surface area (Å²) in [6.07, 6.45) is 3.42. The average molecular weight is 437 g/mol. The Labute approximate surface area is 185 Å². The van der Waals surface area contributed by atoms with Gasteiger partial charge in [-0.05, 0) is 60.4 Å². The minimum atomic E-state index is -0.263. The summed E-state index contributed by atoms with van der Waals surface area (Å²) >= 11 is 6.12. The second kappa shape index (κ2) is 9.31. The van der Waals surface area contributed by atoms with E-state index in [1.165, 1.54) is 12.1 Å². The lowest BCUT2D eigenvalue weighted by molar-refractivity contribution is 0.0976. The summed E-state index contributed by atoms with van der Waals surface area (Å²) in [4.78, 5) is 17.5. The first-order chi connectivity index (χ1) is 15.0. The lowest BCUT2D eigenvalue weighted by Gasteiger charge is -2.08. The van der Waals surface area contributed by atoms with E-state index < -0.39 is 0 Å². The van der Waals surface area contributed by atoms with Gasteiger partial charge in [0.1, 0.15) is 29.5 Å². The van der Waals surface area contributed by atoms with Crippen molar-refractivity contribution in [2.24, 2.45) is 0 Å². The normalized spacial score (nSPS) is 11.1. The molecule has 2 heterocycles. The summed E-state index contributed by atoms with van der Waals surface area (Å²) in [5, 5.41) is 0.567. The molecule has 2 aromatic carbocycles. The Bertz CT molecular complexity index is 1200. The Hall–Kier alpha value is -3.18. The molecule has 0 fully saturated rings. The number of carbonyl (C=O) groups is 1. The zero-order chi connectivity index (χ0) is 21.8. The molecule has 4 nitrogen and oxygen atoms in total. The first-order valence-corrected chi connectivity index (χ1v) is 10.6. The molecule has 0 aliphatic carbocycles. The summed E-state index contributed by atoms with van der Waals surface area (Å²) < 4.78 is 20.5. The van der Waals surface area contributed by atoms with E-state index in [1.807, 2.05) is 37.3 Å². The Balaban J connectivity index is 1.39. The van der Waals surface area contributed by atoms with Crippen LogP contribution in [-0.4, -0.2) is 15.2 Å². The van der Waals surface area contributed by atoms with Crippen molar-refractivity contribution < 1.29 is 13.9 Å². The van der Waals surface area contributed by atoms with E-state index in [1.54, 1.807) is 28.8 Å². The highest BCUT2D eigenvalue weighted by molar-refractivity contribution is 6.30. The van der Waals surface area contributed by atoms with Gasteiger partial charge in [0.2, 0.25) is 0 Å². The second-order valence-electron chi connectivity index (χ2n) is 7.32. The van der Waals surface area contributed by atoms with Gasteiger partial charge in [-0.1, -0.05) is 42.8 Å². The van der Waals surface area contributed by atoms with Gasteiger partial charge in [0.25, 0.3) is 0 Å². The van der Waals surface area contributed by atoms with Crippen molar-refractivity contribution >= 4 is 23.0 Å². The standard InChI is InChI=1S/C25H22ClFN2O2/c1-2-22-25(29-15-19(26)8-14-24(29)28-22)23(30)13-7-17-5-11-21(12-6-17)31-16-18-3-9-20(27)10-4-18/h3-6,8-12,14-15H,2,7,13,16H2,1H3. The lowest BCUT2D eigenvalue weighted by atomic mass is 10.0. The number of carbonyl (C=O) groups excluding carboxylic acids is 1. The van der Waals surface area contributed by atoms with Crippen LogP contribution < -0.4 is 4.74 Å². The monoisotopic (exact) mass is 436 g/mol. The molecule has 0 N–H and O–H groups in total. The number of Topliss-reactive ketones (excluding diaryl/α,β-unsaturated/α-hetero) is 1. The fraction of sp³-hybridized carbons (Fsp3) is 0.200.